The second-order valence-corrected chi connectivity index (χ2v) is 3.79. The molecule has 0 aliphatic rings. The standard InChI is InChI=1S/C11H22N2O5/c1-13(9-10(14)15)11(16)12-5-3-4-6-18-8-7-17-2/h3-9H2,1-2H3,(H,12,16)(H,14,15). The Morgan fingerprint density at radius 2 is 1.94 bits per heavy atom. The molecule has 0 rings (SSSR count). The second-order valence-electron chi connectivity index (χ2n) is 3.79. The van der Waals surface area contributed by atoms with Gasteiger partial charge >= 0.3 is 12.0 Å². The molecule has 0 atom stereocenters. The minimum atomic E-state index is -1.03. The van der Waals surface area contributed by atoms with Crippen LogP contribution in [0.2, 0.25) is 0 Å². The third-order valence-corrected chi connectivity index (χ3v) is 2.14. The van der Waals surface area contributed by atoms with Crippen molar-refractivity contribution in [3.05, 3.63) is 0 Å². The monoisotopic (exact) mass is 262 g/mol. The van der Waals surface area contributed by atoms with Crippen LogP contribution in [0.15, 0.2) is 0 Å². The van der Waals surface area contributed by atoms with Crippen LogP contribution in [0.25, 0.3) is 0 Å². The fourth-order valence-electron chi connectivity index (χ4n) is 1.18. The number of urea groups is 1. The van der Waals surface area contributed by atoms with E-state index in [-0.39, 0.29) is 12.6 Å². The van der Waals surface area contributed by atoms with Gasteiger partial charge in [0.15, 0.2) is 0 Å². The number of carbonyl (C=O) groups is 2. The Kier molecular flexibility index (Phi) is 9.99. The molecule has 0 unspecified atom stereocenters. The third kappa shape index (κ3) is 9.86. The molecular formula is C11H22N2O5. The van der Waals surface area contributed by atoms with Gasteiger partial charge in [-0.15, -0.1) is 0 Å². The van der Waals surface area contributed by atoms with Gasteiger partial charge in [0, 0.05) is 27.3 Å². The van der Waals surface area contributed by atoms with Gasteiger partial charge < -0.3 is 24.8 Å². The van der Waals surface area contributed by atoms with Crippen LogP contribution in [0, 0.1) is 0 Å². The van der Waals surface area contributed by atoms with Crippen molar-refractivity contribution in [2.75, 3.05) is 47.1 Å². The number of nitrogens with zero attached hydrogens (tertiary/aromatic N) is 1. The number of unbranched alkanes of at least 4 members (excludes halogenated alkanes) is 1. The van der Waals surface area contributed by atoms with E-state index in [1.165, 1.54) is 7.05 Å². The van der Waals surface area contributed by atoms with E-state index in [4.69, 9.17) is 14.6 Å². The molecule has 0 aliphatic carbocycles. The van der Waals surface area contributed by atoms with Gasteiger partial charge in [0.05, 0.1) is 13.2 Å². The quantitative estimate of drug-likeness (QED) is 0.547. The third-order valence-electron chi connectivity index (χ3n) is 2.14. The normalized spacial score (nSPS) is 10.1. The van der Waals surface area contributed by atoms with E-state index in [0.29, 0.717) is 26.4 Å². The summed E-state index contributed by atoms with van der Waals surface area (Å²) in [5.74, 6) is -1.03. The average molecular weight is 262 g/mol. The fraction of sp³-hybridized carbons (Fsp3) is 0.818. The molecule has 0 saturated heterocycles. The molecule has 0 bridgehead atoms. The van der Waals surface area contributed by atoms with Crippen LogP contribution in [0.3, 0.4) is 0 Å². The molecule has 106 valence electrons. The van der Waals surface area contributed by atoms with E-state index in [2.05, 4.69) is 5.32 Å². The maximum atomic E-state index is 11.4. The molecule has 18 heavy (non-hydrogen) atoms. The summed E-state index contributed by atoms with van der Waals surface area (Å²) in [7, 11) is 3.06. The molecule has 7 nitrogen and oxygen atoms in total. The highest BCUT2D eigenvalue weighted by atomic mass is 16.5. The van der Waals surface area contributed by atoms with Crippen LogP contribution < -0.4 is 5.32 Å². The first-order chi connectivity index (χ1) is 8.57. The first-order valence-electron chi connectivity index (χ1n) is 5.85. The molecule has 0 aromatic heterocycles. The van der Waals surface area contributed by atoms with E-state index < -0.39 is 5.97 Å². The molecule has 0 spiro atoms. The smallest absolute Gasteiger partial charge is 0.323 e. The minimum absolute atomic E-state index is 0.300. The number of hydrogen-bond acceptors (Lipinski definition) is 4. The molecule has 0 aromatic carbocycles. The Bertz CT molecular complexity index is 248. The zero-order valence-electron chi connectivity index (χ0n) is 11.0. The van der Waals surface area contributed by atoms with Gasteiger partial charge in [0.25, 0.3) is 0 Å². The fourth-order valence-corrected chi connectivity index (χ4v) is 1.18. The lowest BCUT2D eigenvalue weighted by Crippen LogP contribution is -2.40. The number of aliphatic carboxylic acids is 1. The minimum Gasteiger partial charge on any atom is -0.480 e. The summed E-state index contributed by atoms with van der Waals surface area (Å²) in [4.78, 5) is 22.8. The lowest BCUT2D eigenvalue weighted by molar-refractivity contribution is -0.137. The number of carbonyl (C=O) groups excluding carboxylic acids is 1. The maximum Gasteiger partial charge on any atom is 0.323 e. The lowest BCUT2D eigenvalue weighted by atomic mass is 10.3. The Morgan fingerprint density at radius 1 is 1.22 bits per heavy atom. The van der Waals surface area contributed by atoms with Crippen molar-refractivity contribution in [1.82, 2.24) is 10.2 Å². The largest absolute Gasteiger partial charge is 0.480 e. The number of likely N-dealkylation sites (N-methyl/N-ethyl adjacent to an activating group) is 1. The maximum absolute atomic E-state index is 11.4. The molecule has 0 aromatic rings. The van der Waals surface area contributed by atoms with Crippen molar-refractivity contribution in [1.29, 1.82) is 0 Å². The predicted octanol–water partition coefficient (Wildman–Crippen LogP) is 0.156. The Balaban J connectivity index is 3.37. The van der Waals surface area contributed by atoms with Crippen molar-refractivity contribution < 1.29 is 24.2 Å². The number of nitrogens with one attached hydrogen (secondary N) is 1. The summed E-state index contributed by atoms with van der Waals surface area (Å²) < 4.78 is 10.1. The van der Waals surface area contributed by atoms with E-state index >= 15 is 0 Å². The Hall–Kier alpha value is -1.34. The van der Waals surface area contributed by atoms with Gasteiger partial charge in [-0.3, -0.25) is 4.79 Å². The van der Waals surface area contributed by atoms with Crippen molar-refractivity contribution in [2.24, 2.45) is 0 Å². The lowest BCUT2D eigenvalue weighted by Gasteiger charge is -2.15. The van der Waals surface area contributed by atoms with Crippen LogP contribution in [-0.2, 0) is 14.3 Å². The zero-order valence-corrected chi connectivity index (χ0v) is 11.0. The zero-order chi connectivity index (χ0) is 13.8. The number of rotatable bonds is 10. The van der Waals surface area contributed by atoms with E-state index in [1.54, 1.807) is 7.11 Å². The van der Waals surface area contributed by atoms with Crippen LogP contribution in [0.5, 0.6) is 0 Å². The van der Waals surface area contributed by atoms with E-state index in [0.717, 1.165) is 17.7 Å². The number of carboxylic acids is 1. The second kappa shape index (κ2) is 10.8. The highest BCUT2D eigenvalue weighted by Crippen LogP contribution is 1.90. The number of carboxylic acid groups (broad SMARTS) is 1. The molecule has 2 N–H and O–H groups in total. The van der Waals surface area contributed by atoms with Gasteiger partial charge in [-0.05, 0) is 12.8 Å². The topological polar surface area (TPSA) is 88.1 Å². The van der Waals surface area contributed by atoms with Crippen LogP contribution in [0.4, 0.5) is 4.79 Å². The molecule has 7 heteroatoms. The molecule has 0 radical (unpaired) electrons. The van der Waals surface area contributed by atoms with Crippen molar-refractivity contribution >= 4 is 12.0 Å². The Morgan fingerprint density at radius 3 is 2.56 bits per heavy atom. The highest BCUT2D eigenvalue weighted by molar-refractivity contribution is 5.79. The Labute approximate surface area is 107 Å². The molecular weight excluding hydrogens is 240 g/mol. The van der Waals surface area contributed by atoms with E-state index in [9.17, 15) is 9.59 Å². The summed E-state index contributed by atoms with van der Waals surface area (Å²) >= 11 is 0. The molecule has 0 heterocycles. The summed E-state index contributed by atoms with van der Waals surface area (Å²) in [6, 6.07) is -0.377. The van der Waals surface area contributed by atoms with Gasteiger partial charge in [-0.25, -0.2) is 4.79 Å². The molecule has 0 aliphatic heterocycles. The number of methoxy groups -OCH3 is 1. The van der Waals surface area contributed by atoms with Gasteiger partial charge in [0.1, 0.15) is 6.54 Å². The van der Waals surface area contributed by atoms with Crippen LogP contribution in [0.1, 0.15) is 12.8 Å². The van der Waals surface area contributed by atoms with Crippen LogP contribution >= 0.6 is 0 Å². The van der Waals surface area contributed by atoms with E-state index in [1.807, 2.05) is 0 Å². The summed E-state index contributed by atoms with van der Waals surface area (Å²) in [5.41, 5.74) is 0. The SMILES string of the molecule is COCCOCCCCNC(=O)N(C)CC(=O)O. The van der Waals surface area contributed by atoms with Gasteiger partial charge in [-0.1, -0.05) is 0 Å². The number of hydrogen-bond donors (Lipinski definition) is 2. The molecule has 0 saturated carbocycles. The summed E-state index contributed by atoms with van der Waals surface area (Å²) in [6.45, 7) is 1.99. The predicted molar refractivity (Wildman–Crippen MR) is 65.6 cm³/mol. The average Bonchev–Trinajstić information content (AvgIpc) is 2.31. The van der Waals surface area contributed by atoms with Gasteiger partial charge in [0.2, 0.25) is 0 Å². The molecule has 2 amide bonds. The first kappa shape index (κ1) is 16.7. The highest BCUT2D eigenvalue weighted by Gasteiger charge is 2.10. The van der Waals surface area contributed by atoms with Crippen LogP contribution in [-0.4, -0.2) is 69.1 Å². The van der Waals surface area contributed by atoms with Gasteiger partial charge in [-0.2, -0.15) is 0 Å². The molecule has 0 fully saturated rings. The van der Waals surface area contributed by atoms with Crippen molar-refractivity contribution in [2.45, 2.75) is 12.8 Å². The first-order valence-corrected chi connectivity index (χ1v) is 5.85. The summed E-state index contributed by atoms with van der Waals surface area (Å²) in [6.07, 6.45) is 1.63. The summed E-state index contributed by atoms with van der Waals surface area (Å²) in [5, 5.41) is 11.1. The van der Waals surface area contributed by atoms with Crippen molar-refractivity contribution in [3.63, 3.8) is 0 Å². The number of amides is 2. The van der Waals surface area contributed by atoms with Crippen molar-refractivity contribution in [3.8, 4) is 0 Å². The number of ether oxygens (including phenoxy) is 2.